The molecule has 0 saturated carbocycles. The van der Waals surface area contributed by atoms with Crippen molar-refractivity contribution < 1.29 is 31.1 Å². The zero-order valence-corrected chi connectivity index (χ0v) is 19.3. The van der Waals surface area contributed by atoms with E-state index in [1.165, 1.54) is 10.6 Å². The quantitative estimate of drug-likeness (QED) is 0.359. The minimum Gasteiger partial charge on any atom is -0.433 e. The second-order valence-corrected chi connectivity index (χ2v) is 2.55. The average Bonchev–Trinajstić information content (AvgIpc) is 2.47. The molecule has 142 valence electrons. The standard InChI is InChI=1S/C8H10N2O.4C2H6.3CH4.U/c1-6(2)10-5-9-7(3)4-8(10)11;4*1-2;;;;/h4,6H,1H2,2-3H3;4*1-2H3;3*1H4;/q-2;;;;;;;;+2. The van der Waals surface area contributed by atoms with Crippen molar-refractivity contribution in [2.45, 2.75) is 97.6 Å². The fourth-order valence-corrected chi connectivity index (χ4v) is 0.778. The first-order valence-corrected chi connectivity index (χ1v) is 7.42. The predicted octanol–water partition coefficient (Wildman–Crippen LogP) is 6.76. The molecular formula is C19H46N2OU. The zero-order valence-electron chi connectivity index (χ0n) is 15.2. The van der Waals surface area contributed by atoms with Gasteiger partial charge < -0.3 is 21.3 Å². The summed E-state index contributed by atoms with van der Waals surface area (Å²) >= 11 is 0. The van der Waals surface area contributed by atoms with Gasteiger partial charge >= 0.3 is 31.1 Å². The van der Waals surface area contributed by atoms with Crippen molar-refractivity contribution in [1.29, 1.82) is 0 Å². The van der Waals surface area contributed by atoms with Crippen LogP contribution in [0.15, 0.2) is 10.9 Å². The molecule has 1 rings (SSSR count). The van der Waals surface area contributed by atoms with Crippen LogP contribution in [0.4, 0.5) is 0 Å². The van der Waals surface area contributed by atoms with Crippen molar-refractivity contribution in [3.8, 4) is 0 Å². The largest absolute Gasteiger partial charge is 2.00 e. The van der Waals surface area contributed by atoms with Gasteiger partial charge in [-0.3, -0.25) is 0 Å². The Morgan fingerprint density at radius 2 is 1.30 bits per heavy atom. The molecule has 0 aromatic carbocycles. The van der Waals surface area contributed by atoms with Crippen LogP contribution >= 0.6 is 0 Å². The first kappa shape index (κ1) is 49.5. The van der Waals surface area contributed by atoms with Crippen molar-refractivity contribution in [3.63, 3.8) is 0 Å². The van der Waals surface area contributed by atoms with Crippen molar-refractivity contribution in [3.05, 3.63) is 35.4 Å². The van der Waals surface area contributed by atoms with Gasteiger partial charge in [0.25, 0.3) is 0 Å². The Bertz CT molecular complexity index is 310. The third-order valence-corrected chi connectivity index (χ3v) is 1.34. The van der Waals surface area contributed by atoms with Gasteiger partial charge in [0.2, 0.25) is 0 Å². The van der Waals surface area contributed by atoms with E-state index in [2.05, 4.69) is 18.2 Å². The van der Waals surface area contributed by atoms with Crippen molar-refractivity contribution in [1.82, 2.24) is 9.55 Å². The van der Waals surface area contributed by atoms with Gasteiger partial charge in [0.15, 0.2) is 0 Å². The molecule has 0 radical (unpaired) electrons. The van der Waals surface area contributed by atoms with Gasteiger partial charge in [-0.15, -0.1) is 6.04 Å². The molecule has 0 saturated heterocycles. The fraction of sp³-hybridized carbons (Fsp3) is 0.737. The van der Waals surface area contributed by atoms with Gasteiger partial charge in [0.05, 0.1) is 0 Å². The number of aromatic nitrogens is 2. The zero-order chi connectivity index (χ0) is 16.4. The van der Waals surface area contributed by atoms with Crippen molar-refractivity contribution in [2.75, 3.05) is 0 Å². The van der Waals surface area contributed by atoms with E-state index in [1.54, 1.807) is 6.92 Å². The summed E-state index contributed by atoms with van der Waals surface area (Å²) < 4.78 is 1.37. The van der Waals surface area contributed by atoms with E-state index in [-0.39, 0.29) is 65.0 Å². The molecule has 0 spiro atoms. The van der Waals surface area contributed by atoms with E-state index < -0.39 is 0 Å². The van der Waals surface area contributed by atoms with Gasteiger partial charge in [-0.25, -0.2) is 0 Å². The molecule has 1 aromatic heterocycles. The molecule has 0 N–H and O–H groups in total. The second kappa shape index (κ2) is 43.1. The van der Waals surface area contributed by atoms with Gasteiger partial charge in [-0.1, -0.05) is 103 Å². The summed E-state index contributed by atoms with van der Waals surface area (Å²) in [5.74, 6) is 0. The maximum Gasteiger partial charge on any atom is 2.00 e. The van der Waals surface area contributed by atoms with Crippen molar-refractivity contribution in [2.24, 2.45) is 0 Å². The minimum atomic E-state index is -0.115. The molecule has 1 atom stereocenters. The Morgan fingerprint density at radius 3 is 1.52 bits per heavy atom. The van der Waals surface area contributed by atoms with Crippen LogP contribution in [0.5, 0.6) is 0 Å². The summed E-state index contributed by atoms with van der Waals surface area (Å²) in [7, 11) is 0. The third-order valence-electron chi connectivity index (χ3n) is 1.34. The molecule has 0 fully saturated rings. The Balaban J connectivity index is -0.0000000277. The van der Waals surface area contributed by atoms with E-state index in [4.69, 9.17) is 0 Å². The van der Waals surface area contributed by atoms with Crippen LogP contribution in [-0.4, -0.2) is 9.55 Å². The summed E-state index contributed by atoms with van der Waals surface area (Å²) in [4.78, 5) is 15.0. The second-order valence-electron chi connectivity index (χ2n) is 2.55. The Hall–Kier alpha value is -0.0681. The van der Waals surface area contributed by atoms with Crippen LogP contribution in [0.1, 0.15) is 96.3 Å². The van der Waals surface area contributed by atoms with Crippen LogP contribution < -0.4 is 5.56 Å². The Morgan fingerprint density at radius 1 is 1.00 bits per heavy atom. The summed E-state index contributed by atoms with van der Waals surface area (Å²) in [6.45, 7) is 23.3. The van der Waals surface area contributed by atoms with Crippen LogP contribution in [0.2, 0.25) is 0 Å². The number of aryl methyl sites for hydroxylation is 1. The first-order valence-electron chi connectivity index (χ1n) is 7.42. The first-order chi connectivity index (χ1) is 9.11. The molecule has 3 nitrogen and oxygen atoms in total. The molecule has 0 amide bonds. The molecule has 1 heterocycles. The molecule has 0 aliphatic carbocycles. The van der Waals surface area contributed by atoms with Crippen LogP contribution in [0, 0.1) is 51.3 Å². The molecule has 1 unspecified atom stereocenters. The third kappa shape index (κ3) is 30.4. The van der Waals surface area contributed by atoms with E-state index in [0.29, 0.717) is 5.69 Å². The maximum absolute atomic E-state index is 11.1. The number of nitrogens with zero attached hydrogens (tertiary/aromatic N) is 2. The molecule has 1 aromatic rings. The Labute approximate surface area is 173 Å². The summed E-state index contributed by atoms with van der Waals surface area (Å²) in [6, 6.07) is 1.36. The van der Waals surface area contributed by atoms with E-state index >= 15 is 0 Å². The average molecular weight is 557 g/mol. The van der Waals surface area contributed by atoms with Gasteiger partial charge in [0.1, 0.15) is 5.56 Å². The number of hydrogen-bond acceptors (Lipinski definition) is 2. The molecular weight excluding hydrogens is 510 g/mol. The summed E-state index contributed by atoms with van der Waals surface area (Å²) in [5.41, 5.74) is 0.590. The predicted molar refractivity (Wildman–Crippen MR) is 108 cm³/mol. The molecule has 0 bridgehead atoms. The van der Waals surface area contributed by atoms with Crippen LogP contribution in [0.25, 0.3) is 0 Å². The topological polar surface area (TPSA) is 34.9 Å². The SMILES string of the molecule is C.C.C.CC.CC.CC.CC.[CH2-]C(C)n1[c-]nc(C)cc1=O.[U+2]. The minimum absolute atomic E-state index is 0. The van der Waals surface area contributed by atoms with Gasteiger partial charge in [-0.05, 0) is 0 Å². The number of hydrogen-bond donors (Lipinski definition) is 0. The van der Waals surface area contributed by atoms with Gasteiger partial charge in [-0.2, -0.15) is 0 Å². The summed E-state index contributed by atoms with van der Waals surface area (Å²) in [6.07, 6.45) is 2.60. The molecule has 0 aliphatic rings. The van der Waals surface area contributed by atoms with Crippen LogP contribution in [0.3, 0.4) is 0 Å². The van der Waals surface area contributed by atoms with Crippen LogP contribution in [-0.2, 0) is 0 Å². The number of rotatable bonds is 1. The Kier molecular flexibility index (Phi) is 92.7. The normalized spacial score (nSPS) is 7.26. The van der Waals surface area contributed by atoms with E-state index in [9.17, 15) is 4.79 Å². The smallest absolute Gasteiger partial charge is 0.433 e. The molecule has 4 heteroatoms. The summed E-state index contributed by atoms with van der Waals surface area (Å²) in [5, 5.41) is 0. The maximum atomic E-state index is 11.1. The van der Waals surface area contributed by atoms with Crippen molar-refractivity contribution >= 4 is 0 Å². The molecule has 0 aliphatic heterocycles. The van der Waals surface area contributed by atoms with Gasteiger partial charge in [0, 0.05) is 6.33 Å². The van der Waals surface area contributed by atoms with E-state index in [0.717, 1.165) is 0 Å². The van der Waals surface area contributed by atoms with E-state index in [1.807, 2.05) is 62.3 Å². The molecule has 23 heavy (non-hydrogen) atoms. The monoisotopic (exact) mass is 556 g/mol. The fourth-order valence-electron chi connectivity index (χ4n) is 0.778.